The molecule has 0 bridgehead atoms. The molecule has 0 fully saturated rings. The zero-order chi connectivity index (χ0) is 8.43. The predicted molar refractivity (Wildman–Crippen MR) is 43.1 cm³/mol. The molecule has 0 saturated heterocycles. The summed E-state index contributed by atoms with van der Waals surface area (Å²) in [6, 6.07) is 4.62. The first-order valence-electron chi connectivity index (χ1n) is 3.05. The minimum absolute atomic E-state index is 0.0216. The fraction of sp³-hybridized carbons (Fsp3) is 0.125. The number of hydrogen-bond acceptors (Lipinski definition) is 2. The van der Waals surface area contributed by atoms with E-state index >= 15 is 0 Å². The second-order valence-electron chi connectivity index (χ2n) is 2.20. The summed E-state index contributed by atoms with van der Waals surface area (Å²) in [6.07, 6.45) is 0. The first-order chi connectivity index (χ1) is 5.16. The third-order valence-corrected chi connectivity index (χ3v) is 2.02. The lowest BCUT2D eigenvalue weighted by Crippen LogP contribution is -1.88. The van der Waals surface area contributed by atoms with Crippen LogP contribution < -0.4 is 0 Å². The number of halogens is 1. The van der Waals surface area contributed by atoms with Crippen molar-refractivity contribution in [3.63, 3.8) is 0 Å². The molecule has 0 amide bonds. The standard InChI is InChI=1S/C8H6FNS/c1-5-2-3-7(9)6(4-10)8(5)11/h2-3,11H,1H3. The molecule has 0 aromatic heterocycles. The van der Waals surface area contributed by atoms with Crippen LogP contribution in [0.3, 0.4) is 0 Å². The van der Waals surface area contributed by atoms with E-state index in [1.165, 1.54) is 6.07 Å². The first kappa shape index (κ1) is 8.09. The number of nitriles is 1. The quantitative estimate of drug-likeness (QED) is 0.589. The molecule has 0 unspecified atom stereocenters. The van der Waals surface area contributed by atoms with Crippen molar-refractivity contribution in [3.8, 4) is 6.07 Å². The van der Waals surface area contributed by atoms with Gasteiger partial charge in [-0.2, -0.15) is 5.26 Å². The van der Waals surface area contributed by atoms with Crippen molar-refractivity contribution in [2.45, 2.75) is 11.8 Å². The highest BCUT2D eigenvalue weighted by molar-refractivity contribution is 7.80. The molecule has 0 aliphatic carbocycles. The molecule has 0 N–H and O–H groups in total. The van der Waals surface area contributed by atoms with Gasteiger partial charge in [-0.3, -0.25) is 0 Å². The molecule has 1 aromatic carbocycles. The highest BCUT2D eigenvalue weighted by atomic mass is 32.1. The van der Waals surface area contributed by atoms with Crippen LogP contribution in [0.4, 0.5) is 4.39 Å². The van der Waals surface area contributed by atoms with Crippen molar-refractivity contribution in [2.24, 2.45) is 0 Å². The van der Waals surface area contributed by atoms with Gasteiger partial charge in [0.05, 0.1) is 0 Å². The number of aryl methyl sites for hydroxylation is 1. The van der Waals surface area contributed by atoms with Crippen LogP contribution in [0.25, 0.3) is 0 Å². The van der Waals surface area contributed by atoms with Gasteiger partial charge in [0.15, 0.2) is 0 Å². The molecule has 0 aliphatic heterocycles. The van der Waals surface area contributed by atoms with Crippen LogP contribution in [0.2, 0.25) is 0 Å². The van der Waals surface area contributed by atoms with Crippen molar-refractivity contribution in [2.75, 3.05) is 0 Å². The summed E-state index contributed by atoms with van der Waals surface area (Å²) in [5.41, 5.74) is 0.833. The minimum atomic E-state index is -0.511. The van der Waals surface area contributed by atoms with Crippen LogP contribution in [0.5, 0.6) is 0 Å². The Bertz CT molecular complexity index is 328. The molecule has 0 heterocycles. The summed E-state index contributed by atoms with van der Waals surface area (Å²) in [5.74, 6) is -0.511. The summed E-state index contributed by atoms with van der Waals surface area (Å²) < 4.78 is 12.8. The Morgan fingerprint density at radius 2 is 2.18 bits per heavy atom. The van der Waals surface area contributed by atoms with Crippen LogP contribution in [0, 0.1) is 24.1 Å². The topological polar surface area (TPSA) is 23.8 Å². The Hall–Kier alpha value is -1.01. The van der Waals surface area contributed by atoms with Crippen molar-refractivity contribution < 1.29 is 4.39 Å². The second-order valence-corrected chi connectivity index (χ2v) is 2.65. The molecule has 0 radical (unpaired) electrons. The lowest BCUT2D eigenvalue weighted by atomic mass is 10.1. The molecule has 3 heteroatoms. The molecule has 0 spiro atoms. The van der Waals surface area contributed by atoms with E-state index in [9.17, 15) is 4.39 Å². The van der Waals surface area contributed by atoms with Crippen LogP contribution in [0.1, 0.15) is 11.1 Å². The van der Waals surface area contributed by atoms with E-state index in [-0.39, 0.29) is 5.56 Å². The van der Waals surface area contributed by atoms with Crippen molar-refractivity contribution in [3.05, 3.63) is 29.1 Å². The molecule has 11 heavy (non-hydrogen) atoms. The fourth-order valence-corrected chi connectivity index (χ4v) is 1.01. The third-order valence-electron chi connectivity index (χ3n) is 1.44. The summed E-state index contributed by atoms with van der Waals surface area (Å²) >= 11 is 4.00. The van der Waals surface area contributed by atoms with E-state index in [0.29, 0.717) is 4.90 Å². The molecule has 56 valence electrons. The highest BCUT2D eigenvalue weighted by Gasteiger charge is 2.06. The first-order valence-corrected chi connectivity index (χ1v) is 3.49. The Kier molecular flexibility index (Phi) is 2.16. The van der Waals surface area contributed by atoms with Crippen molar-refractivity contribution in [1.82, 2.24) is 0 Å². The van der Waals surface area contributed by atoms with Gasteiger partial charge < -0.3 is 0 Å². The van der Waals surface area contributed by atoms with E-state index in [0.717, 1.165) is 5.56 Å². The van der Waals surface area contributed by atoms with Gasteiger partial charge in [0, 0.05) is 4.90 Å². The maximum absolute atomic E-state index is 12.8. The van der Waals surface area contributed by atoms with Crippen LogP contribution in [-0.4, -0.2) is 0 Å². The molecule has 0 aliphatic rings. The van der Waals surface area contributed by atoms with Gasteiger partial charge in [-0.1, -0.05) is 6.07 Å². The summed E-state index contributed by atoms with van der Waals surface area (Å²) in [4.78, 5) is 0.424. The largest absolute Gasteiger partial charge is 0.206 e. The van der Waals surface area contributed by atoms with E-state index in [1.807, 2.05) is 0 Å². The van der Waals surface area contributed by atoms with Crippen LogP contribution in [-0.2, 0) is 0 Å². The average Bonchev–Trinajstić information content (AvgIpc) is 1.99. The number of rotatable bonds is 0. The lowest BCUT2D eigenvalue weighted by Gasteiger charge is -2.00. The van der Waals surface area contributed by atoms with Gasteiger partial charge in [0.25, 0.3) is 0 Å². The molecule has 1 rings (SSSR count). The fourth-order valence-electron chi connectivity index (χ4n) is 0.777. The average molecular weight is 167 g/mol. The van der Waals surface area contributed by atoms with Gasteiger partial charge in [-0.05, 0) is 18.6 Å². The Morgan fingerprint density at radius 3 is 2.64 bits per heavy atom. The predicted octanol–water partition coefficient (Wildman–Crippen LogP) is 2.29. The monoisotopic (exact) mass is 167 g/mol. The van der Waals surface area contributed by atoms with Crippen LogP contribution >= 0.6 is 12.6 Å². The van der Waals surface area contributed by atoms with Crippen molar-refractivity contribution >= 4 is 12.6 Å². The maximum atomic E-state index is 12.8. The SMILES string of the molecule is Cc1ccc(F)c(C#N)c1S. The Morgan fingerprint density at radius 1 is 1.55 bits per heavy atom. The smallest absolute Gasteiger partial charge is 0.142 e. The molecule has 0 atom stereocenters. The second kappa shape index (κ2) is 2.93. The highest BCUT2D eigenvalue weighted by Crippen LogP contribution is 2.20. The van der Waals surface area contributed by atoms with E-state index in [2.05, 4.69) is 12.6 Å². The zero-order valence-electron chi connectivity index (χ0n) is 5.93. The van der Waals surface area contributed by atoms with Gasteiger partial charge in [-0.15, -0.1) is 12.6 Å². The Labute approximate surface area is 69.9 Å². The normalized spacial score (nSPS) is 9.27. The molecule has 1 aromatic rings. The van der Waals surface area contributed by atoms with Crippen LogP contribution in [0.15, 0.2) is 17.0 Å². The number of benzene rings is 1. The molecular weight excluding hydrogens is 161 g/mol. The maximum Gasteiger partial charge on any atom is 0.142 e. The number of hydrogen-bond donors (Lipinski definition) is 1. The van der Waals surface area contributed by atoms with Gasteiger partial charge >= 0.3 is 0 Å². The molecule has 0 saturated carbocycles. The third kappa shape index (κ3) is 1.36. The molecule has 1 nitrogen and oxygen atoms in total. The van der Waals surface area contributed by atoms with E-state index in [4.69, 9.17) is 5.26 Å². The zero-order valence-corrected chi connectivity index (χ0v) is 6.82. The summed E-state index contributed by atoms with van der Waals surface area (Å²) in [5, 5.41) is 8.48. The number of nitrogens with zero attached hydrogens (tertiary/aromatic N) is 1. The lowest BCUT2D eigenvalue weighted by molar-refractivity contribution is 0.619. The minimum Gasteiger partial charge on any atom is -0.206 e. The van der Waals surface area contributed by atoms with Crippen molar-refractivity contribution in [1.29, 1.82) is 5.26 Å². The van der Waals surface area contributed by atoms with Gasteiger partial charge in [0.2, 0.25) is 0 Å². The van der Waals surface area contributed by atoms with E-state index in [1.54, 1.807) is 19.1 Å². The molecular formula is C8H6FNS. The van der Waals surface area contributed by atoms with Gasteiger partial charge in [0.1, 0.15) is 17.4 Å². The number of thiol groups is 1. The van der Waals surface area contributed by atoms with Gasteiger partial charge in [-0.25, -0.2) is 4.39 Å². The Balaban J connectivity index is 3.44. The van der Waals surface area contributed by atoms with E-state index < -0.39 is 5.82 Å². The summed E-state index contributed by atoms with van der Waals surface area (Å²) in [6.45, 7) is 1.78. The summed E-state index contributed by atoms with van der Waals surface area (Å²) in [7, 11) is 0.